The summed E-state index contributed by atoms with van der Waals surface area (Å²) in [5, 5.41) is 10.6. The Morgan fingerprint density at radius 3 is 2.50 bits per heavy atom. The summed E-state index contributed by atoms with van der Waals surface area (Å²) in [6, 6.07) is 12.9. The Morgan fingerprint density at radius 1 is 1.22 bits per heavy atom. The van der Waals surface area contributed by atoms with Crippen molar-refractivity contribution in [3.8, 4) is 6.07 Å². The minimum absolute atomic E-state index is 0.179. The number of carbonyl (C=O) groups is 1. The topological polar surface area (TPSA) is 50.1 Å². The molecular weight excluding hydrogens is 226 g/mol. The summed E-state index contributed by atoms with van der Waals surface area (Å²) < 4.78 is 5.20. The number of hydrogen-bond donors (Lipinski definition) is 0. The first-order valence-electron chi connectivity index (χ1n) is 5.76. The molecule has 0 saturated carbocycles. The zero-order chi connectivity index (χ0) is 13.1. The number of esters is 1. The van der Waals surface area contributed by atoms with E-state index in [2.05, 4.69) is 6.07 Å². The van der Waals surface area contributed by atoms with Crippen LogP contribution < -0.4 is 0 Å². The summed E-state index contributed by atoms with van der Waals surface area (Å²) in [5.74, 6) is -0.390. The number of hydrogen-bond acceptors (Lipinski definition) is 3. The lowest BCUT2D eigenvalue weighted by molar-refractivity contribution is 0.0380. The highest BCUT2D eigenvalue weighted by molar-refractivity contribution is 6.06. The monoisotopic (exact) mass is 239 g/mol. The third-order valence-corrected chi connectivity index (χ3v) is 2.59. The van der Waals surface area contributed by atoms with Gasteiger partial charge in [0.25, 0.3) is 0 Å². The van der Waals surface area contributed by atoms with E-state index < -0.39 is 5.97 Å². The van der Waals surface area contributed by atoms with Crippen LogP contribution in [-0.2, 0) is 4.74 Å². The molecule has 90 valence electrons. The molecule has 0 aliphatic carbocycles. The Balaban J connectivity index is 2.64. The number of benzene rings is 2. The van der Waals surface area contributed by atoms with Gasteiger partial charge in [0.15, 0.2) is 0 Å². The summed E-state index contributed by atoms with van der Waals surface area (Å²) in [6.45, 7) is 3.60. The van der Waals surface area contributed by atoms with Gasteiger partial charge in [0.2, 0.25) is 0 Å². The molecule has 2 aromatic carbocycles. The van der Waals surface area contributed by atoms with Crippen LogP contribution >= 0.6 is 0 Å². The Hall–Kier alpha value is -2.34. The van der Waals surface area contributed by atoms with E-state index in [0.717, 1.165) is 5.39 Å². The largest absolute Gasteiger partial charge is 0.459 e. The summed E-state index contributed by atoms with van der Waals surface area (Å²) >= 11 is 0. The Morgan fingerprint density at radius 2 is 1.89 bits per heavy atom. The highest BCUT2D eigenvalue weighted by Gasteiger charge is 2.15. The number of carbonyl (C=O) groups excluding carboxylic acids is 1. The zero-order valence-corrected chi connectivity index (χ0v) is 10.3. The molecule has 0 aromatic heterocycles. The van der Waals surface area contributed by atoms with Crippen molar-refractivity contribution in [1.82, 2.24) is 0 Å². The van der Waals surface area contributed by atoms with E-state index in [0.29, 0.717) is 16.5 Å². The second-order valence-electron chi connectivity index (χ2n) is 4.28. The normalized spacial score (nSPS) is 10.3. The molecule has 0 bridgehead atoms. The van der Waals surface area contributed by atoms with Crippen LogP contribution in [0.4, 0.5) is 0 Å². The molecule has 0 N–H and O–H groups in total. The molecule has 3 nitrogen and oxygen atoms in total. The molecule has 0 heterocycles. The van der Waals surface area contributed by atoms with Crippen LogP contribution in [0.2, 0.25) is 0 Å². The maximum atomic E-state index is 12.0. The zero-order valence-electron chi connectivity index (χ0n) is 10.3. The van der Waals surface area contributed by atoms with Crippen molar-refractivity contribution in [2.24, 2.45) is 0 Å². The van der Waals surface area contributed by atoms with Crippen molar-refractivity contribution in [1.29, 1.82) is 5.26 Å². The van der Waals surface area contributed by atoms with Crippen molar-refractivity contribution in [2.45, 2.75) is 20.0 Å². The number of fused-ring (bicyclic) bond motifs is 1. The quantitative estimate of drug-likeness (QED) is 0.756. The number of nitriles is 1. The Labute approximate surface area is 106 Å². The smallest absolute Gasteiger partial charge is 0.339 e. The molecule has 0 aliphatic rings. The molecule has 0 unspecified atom stereocenters. The van der Waals surface area contributed by atoms with Crippen molar-refractivity contribution >= 4 is 16.7 Å². The molecule has 0 spiro atoms. The van der Waals surface area contributed by atoms with E-state index >= 15 is 0 Å². The third kappa shape index (κ3) is 2.18. The molecule has 2 aromatic rings. The fraction of sp³-hybridized carbons (Fsp3) is 0.200. The number of rotatable bonds is 2. The summed E-state index contributed by atoms with van der Waals surface area (Å²) in [6.07, 6.45) is -0.179. The third-order valence-electron chi connectivity index (χ3n) is 2.59. The highest BCUT2D eigenvalue weighted by atomic mass is 16.5. The van der Waals surface area contributed by atoms with Crippen molar-refractivity contribution in [3.63, 3.8) is 0 Å². The molecular formula is C15H13NO2. The molecule has 0 radical (unpaired) electrons. The molecule has 0 aliphatic heterocycles. The van der Waals surface area contributed by atoms with Crippen molar-refractivity contribution in [3.05, 3.63) is 47.5 Å². The lowest BCUT2D eigenvalue weighted by Crippen LogP contribution is -2.12. The Bertz CT molecular complexity index is 633. The van der Waals surface area contributed by atoms with Gasteiger partial charge < -0.3 is 4.74 Å². The fourth-order valence-electron chi connectivity index (χ4n) is 1.88. The summed E-state index contributed by atoms with van der Waals surface area (Å²) in [4.78, 5) is 12.0. The van der Waals surface area contributed by atoms with Crippen LogP contribution in [0, 0.1) is 11.3 Å². The standard InChI is InChI=1S/C15H13NO2/c1-10(2)18-15(17)13-8-4-6-11-5-3-7-12(9-16)14(11)13/h3-8,10H,1-2H3. The molecule has 0 saturated heterocycles. The van der Waals surface area contributed by atoms with Gasteiger partial charge in [-0.1, -0.05) is 24.3 Å². The van der Waals surface area contributed by atoms with E-state index in [-0.39, 0.29) is 6.10 Å². The van der Waals surface area contributed by atoms with Crippen LogP contribution in [0.5, 0.6) is 0 Å². The van der Waals surface area contributed by atoms with Crippen molar-refractivity contribution < 1.29 is 9.53 Å². The van der Waals surface area contributed by atoms with E-state index in [1.807, 2.05) is 12.1 Å². The van der Waals surface area contributed by atoms with Gasteiger partial charge in [-0.15, -0.1) is 0 Å². The van der Waals surface area contributed by atoms with E-state index in [1.54, 1.807) is 38.1 Å². The van der Waals surface area contributed by atoms with Crippen LogP contribution in [0.1, 0.15) is 29.8 Å². The second kappa shape index (κ2) is 4.89. The predicted molar refractivity (Wildman–Crippen MR) is 69.2 cm³/mol. The maximum absolute atomic E-state index is 12.0. The van der Waals surface area contributed by atoms with Gasteiger partial charge in [0.1, 0.15) is 0 Å². The molecule has 0 amide bonds. The first-order chi connectivity index (χ1) is 8.63. The van der Waals surface area contributed by atoms with Crippen LogP contribution in [0.25, 0.3) is 10.8 Å². The van der Waals surface area contributed by atoms with E-state index in [4.69, 9.17) is 10.00 Å². The molecule has 0 fully saturated rings. The molecule has 18 heavy (non-hydrogen) atoms. The van der Waals surface area contributed by atoms with E-state index in [9.17, 15) is 4.79 Å². The lowest BCUT2D eigenvalue weighted by atomic mass is 10.00. The SMILES string of the molecule is CC(C)OC(=O)c1cccc2cccc(C#N)c12. The molecule has 3 heteroatoms. The first-order valence-corrected chi connectivity index (χ1v) is 5.76. The van der Waals surface area contributed by atoms with Gasteiger partial charge in [-0.25, -0.2) is 4.79 Å². The number of nitrogens with zero attached hydrogens (tertiary/aromatic N) is 1. The minimum Gasteiger partial charge on any atom is -0.459 e. The fourth-order valence-corrected chi connectivity index (χ4v) is 1.88. The van der Waals surface area contributed by atoms with Crippen LogP contribution in [0.3, 0.4) is 0 Å². The average molecular weight is 239 g/mol. The lowest BCUT2D eigenvalue weighted by Gasteiger charge is -2.10. The van der Waals surface area contributed by atoms with E-state index in [1.165, 1.54) is 0 Å². The molecule has 2 rings (SSSR count). The van der Waals surface area contributed by atoms with Gasteiger partial charge in [-0.2, -0.15) is 5.26 Å². The summed E-state index contributed by atoms with van der Waals surface area (Å²) in [7, 11) is 0. The molecule has 0 atom stereocenters. The van der Waals surface area contributed by atoms with Gasteiger partial charge in [0.05, 0.1) is 23.3 Å². The Kier molecular flexibility index (Phi) is 3.29. The van der Waals surface area contributed by atoms with Gasteiger partial charge >= 0.3 is 5.97 Å². The average Bonchev–Trinajstić information content (AvgIpc) is 2.36. The number of ether oxygens (including phenoxy) is 1. The van der Waals surface area contributed by atoms with Crippen LogP contribution in [-0.4, -0.2) is 12.1 Å². The maximum Gasteiger partial charge on any atom is 0.339 e. The van der Waals surface area contributed by atoms with Gasteiger partial charge in [-0.3, -0.25) is 0 Å². The second-order valence-corrected chi connectivity index (χ2v) is 4.28. The van der Waals surface area contributed by atoms with Gasteiger partial charge in [-0.05, 0) is 31.4 Å². The summed E-state index contributed by atoms with van der Waals surface area (Å²) in [5.41, 5.74) is 0.933. The van der Waals surface area contributed by atoms with Crippen molar-refractivity contribution in [2.75, 3.05) is 0 Å². The first kappa shape index (κ1) is 12.1. The predicted octanol–water partition coefficient (Wildman–Crippen LogP) is 3.28. The highest BCUT2D eigenvalue weighted by Crippen LogP contribution is 2.23. The van der Waals surface area contributed by atoms with Crippen LogP contribution in [0.15, 0.2) is 36.4 Å². The van der Waals surface area contributed by atoms with Gasteiger partial charge in [0, 0.05) is 5.39 Å². The minimum atomic E-state index is -0.390.